The fourth-order valence-corrected chi connectivity index (χ4v) is 4.70. The predicted octanol–water partition coefficient (Wildman–Crippen LogP) is 2.80. The number of hydrogen-bond donors (Lipinski definition) is 2. The monoisotopic (exact) mass is 380 g/mol. The summed E-state index contributed by atoms with van der Waals surface area (Å²) in [4.78, 5) is 17.4. The van der Waals surface area contributed by atoms with Crippen molar-refractivity contribution in [3.05, 3.63) is 40.4 Å². The summed E-state index contributed by atoms with van der Waals surface area (Å²) in [5.74, 6) is 0.0885. The zero-order valence-corrected chi connectivity index (χ0v) is 15.7. The number of sulfonamides is 1. The third kappa shape index (κ3) is 4.17. The van der Waals surface area contributed by atoms with E-state index in [1.807, 2.05) is 31.2 Å². The van der Waals surface area contributed by atoms with Crippen LogP contribution in [0.4, 0.5) is 15.6 Å². The molecule has 2 heterocycles. The van der Waals surface area contributed by atoms with E-state index in [2.05, 4.69) is 15.6 Å². The maximum atomic E-state index is 12.1. The zero-order chi connectivity index (χ0) is 18.0. The lowest BCUT2D eigenvalue weighted by molar-refractivity contribution is 0.262. The number of aryl methyl sites for hydroxylation is 1. The Morgan fingerprint density at radius 2 is 2.00 bits per heavy atom. The maximum absolute atomic E-state index is 12.1. The van der Waals surface area contributed by atoms with Crippen LogP contribution in [-0.2, 0) is 23.0 Å². The minimum Gasteiger partial charge on any atom is -0.308 e. The van der Waals surface area contributed by atoms with Gasteiger partial charge in [-0.2, -0.15) is 4.31 Å². The van der Waals surface area contributed by atoms with E-state index in [-0.39, 0.29) is 11.8 Å². The Morgan fingerprint density at radius 1 is 1.28 bits per heavy atom. The second-order valence-electron chi connectivity index (χ2n) is 5.82. The van der Waals surface area contributed by atoms with Crippen LogP contribution in [-0.4, -0.2) is 36.0 Å². The van der Waals surface area contributed by atoms with Crippen molar-refractivity contribution < 1.29 is 13.2 Å². The number of nitrogens with one attached hydrogen (secondary N) is 2. The molecule has 2 amide bonds. The average Bonchev–Trinajstić information content (AvgIpc) is 2.98. The largest absolute Gasteiger partial charge is 0.325 e. The van der Waals surface area contributed by atoms with E-state index in [4.69, 9.17) is 0 Å². The topological polar surface area (TPSA) is 91.4 Å². The molecule has 2 N–H and O–H groups in total. The molecule has 1 aromatic heterocycles. The van der Waals surface area contributed by atoms with Gasteiger partial charge in [-0.05, 0) is 26.0 Å². The first kappa shape index (κ1) is 17.8. The fraction of sp³-hybridized carbons (Fsp3) is 0.375. The van der Waals surface area contributed by atoms with Gasteiger partial charge in [0.1, 0.15) is 0 Å². The SMILES string of the molecule is CCS(=O)(=O)N1CCc2nc(NC(=O)Nc3ccc(C)cc3)sc2C1. The van der Waals surface area contributed by atoms with E-state index in [1.54, 1.807) is 6.92 Å². The molecular weight excluding hydrogens is 360 g/mol. The summed E-state index contributed by atoms with van der Waals surface area (Å²) in [6, 6.07) is 7.12. The number of urea groups is 1. The normalized spacial score (nSPS) is 14.8. The van der Waals surface area contributed by atoms with Gasteiger partial charge in [-0.15, -0.1) is 0 Å². The molecule has 134 valence electrons. The Labute approximate surface area is 151 Å². The molecule has 1 aliphatic rings. The van der Waals surface area contributed by atoms with E-state index in [1.165, 1.54) is 15.6 Å². The molecule has 0 saturated heterocycles. The van der Waals surface area contributed by atoms with Gasteiger partial charge >= 0.3 is 6.03 Å². The standard InChI is InChI=1S/C16H20N4O3S2/c1-3-25(22,23)20-9-8-13-14(10-20)24-16(18-13)19-15(21)17-12-6-4-11(2)5-7-12/h4-7H,3,8-10H2,1-2H3,(H2,17,18,19,21). The van der Waals surface area contributed by atoms with Crippen LogP contribution in [0.15, 0.2) is 24.3 Å². The van der Waals surface area contributed by atoms with Crippen molar-refractivity contribution in [3.8, 4) is 0 Å². The summed E-state index contributed by atoms with van der Waals surface area (Å²) in [6.07, 6.45) is 0.562. The molecule has 0 fully saturated rings. The van der Waals surface area contributed by atoms with Crippen LogP contribution in [0.2, 0.25) is 0 Å². The highest BCUT2D eigenvalue weighted by atomic mass is 32.2. The number of carbonyl (C=O) groups excluding carboxylic acids is 1. The van der Waals surface area contributed by atoms with Crippen molar-refractivity contribution in [1.82, 2.24) is 9.29 Å². The van der Waals surface area contributed by atoms with Gasteiger partial charge in [-0.3, -0.25) is 5.32 Å². The molecule has 1 aliphatic heterocycles. The Kier molecular flexibility index (Phi) is 5.07. The van der Waals surface area contributed by atoms with Crippen LogP contribution in [0.5, 0.6) is 0 Å². The molecule has 0 bridgehead atoms. The van der Waals surface area contributed by atoms with Crippen LogP contribution in [0.3, 0.4) is 0 Å². The number of hydrogen-bond acceptors (Lipinski definition) is 5. The van der Waals surface area contributed by atoms with Gasteiger partial charge in [-0.1, -0.05) is 29.0 Å². The molecule has 0 aliphatic carbocycles. The molecule has 25 heavy (non-hydrogen) atoms. The number of nitrogens with zero attached hydrogens (tertiary/aromatic N) is 2. The van der Waals surface area contributed by atoms with Crippen LogP contribution in [0.1, 0.15) is 23.1 Å². The van der Waals surface area contributed by atoms with Crippen LogP contribution >= 0.6 is 11.3 Å². The van der Waals surface area contributed by atoms with Crippen molar-refractivity contribution in [1.29, 1.82) is 0 Å². The minimum atomic E-state index is -3.21. The lowest BCUT2D eigenvalue weighted by atomic mass is 10.2. The van der Waals surface area contributed by atoms with Gasteiger partial charge in [0.05, 0.1) is 11.4 Å². The lowest BCUT2D eigenvalue weighted by Crippen LogP contribution is -2.36. The van der Waals surface area contributed by atoms with Crippen molar-refractivity contribution in [2.75, 3.05) is 22.9 Å². The Hall–Kier alpha value is -1.97. The van der Waals surface area contributed by atoms with Crippen LogP contribution < -0.4 is 10.6 Å². The second-order valence-corrected chi connectivity index (χ2v) is 9.16. The van der Waals surface area contributed by atoms with Crippen molar-refractivity contribution in [2.24, 2.45) is 0 Å². The van der Waals surface area contributed by atoms with E-state index >= 15 is 0 Å². The van der Waals surface area contributed by atoms with Gasteiger partial charge in [0.25, 0.3) is 0 Å². The molecular formula is C16H20N4O3S2. The van der Waals surface area contributed by atoms with Gasteiger partial charge in [-0.25, -0.2) is 18.2 Å². The zero-order valence-electron chi connectivity index (χ0n) is 14.1. The number of fused-ring (bicyclic) bond motifs is 1. The molecule has 1 aromatic carbocycles. The number of anilines is 2. The number of amides is 2. The Bertz CT molecular complexity index is 875. The number of benzene rings is 1. The van der Waals surface area contributed by atoms with E-state index in [9.17, 15) is 13.2 Å². The quantitative estimate of drug-likeness (QED) is 0.853. The highest BCUT2D eigenvalue weighted by Gasteiger charge is 2.28. The maximum Gasteiger partial charge on any atom is 0.325 e. The van der Waals surface area contributed by atoms with E-state index < -0.39 is 10.0 Å². The molecule has 2 aromatic rings. The summed E-state index contributed by atoms with van der Waals surface area (Å²) < 4.78 is 25.5. The third-order valence-electron chi connectivity index (χ3n) is 3.98. The van der Waals surface area contributed by atoms with E-state index in [0.29, 0.717) is 30.3 Å². The van der Waals surface area contributed by atoms with Gasteiger partial charge < -0.3 is 5.32 Å². The van der Waals surface area contributed by atoms with Gasteiger partial charge in [0.2, 0.25) is 10.0 Å². The number of aromatic nitrogens is 1. The molecule has 0 atom stereocenters. The summed E-state index contributed by atoms with van der Waals surface area (Å²) in [5, 5.41) is 5.95. The summed E-state index contributed by atoms with van der Waals surface area (Å²) in [5.41, 5.74) is 2.67. The van der Waals surface area contributed by atoms with Crippen molar-refractivity contribution in [2.45, 2.75) is 26.8 Å². The first-order chi connectivity index (χ1) is 11.9. The highest BCUT2D eigenvalue weighted by Crippen LogP contribution is 2.29. The van der Waals surface area contributed by atoms with Crippen molar-refractivity contribution in [3.63, 3.8) is 0 Å². The first-order valence-corrected chi connectivity index (χ1v) is 10.4. The Morgan fingerprint density at radius 3 is 2.68 bits per heavy atom. The van der Waals surface area contributed by atoms with Crippen LogP contribution in [0, 0.1) is 6.92 Å². The molecule has 9 heteroatoms. The van der Waals surface area contributed by atoms with Gasteiger partial charge in [0.15, 0.2) is 5.13 Å². The van der Waals surface area contributed by atoms with Gasteiger partial charge in [0, 0.05) is 30.1 Å². The molecule has 3 rings (SSSR count). The molecule has 7 nitrogen and oxygen atoms in total. The molecule has 0 spiro atoms. The number of thiazole rings is 1. The Balaban J connectivity index is 1.65. The van der Waals surface area contributed by atoms with E-state index in [0.717, 1.165) is 16.1 Å². The first-order valence-electron chi connectivity index (χ1n) is 7.98. The number of carbonyl (C=O) groups is 1. The number of rotatable bonds is 4. The smallest absolute Gasteiger partial charge is 0.308 e. The predicted molar refractivity (Wildman–Crippen MR) is 99.5 cm³/mol. The minimum absolute atomic E-state index is 0.0885. The lowest BCUT2D eigenvalue weighted by Gasteiger charge is -2.24. The molecule has 0 radical (unpaired) electrons. The average molecular weight is 380 g/mol. The fourth-order valence-electron chi connectivity index (χ4n) is 2.54. The second kappa shape index (κ2) is 7.11. The summed E-state index contributed by atoms with van der Waals surface area (Å²) in [6.45, 7) is 4.37. The molecule has 0 unspecified atom stereocenters. The third-order valence-corrected chi connectivity index (χ3v) is 6.81. The molecule has 0 saturated carbocycles. The summed E-state index contributed by atoms with van der Waals surface area (Å²) in [7, 11) is -3.21. The highest BCUT2D eigenvalue weighted by molar-refractivity contribution is 7.89. The van der Waals surface area contributed by atoms with Crippen LogP contribution in [0.25, 0.3) is 0 Å². The van der Waals surface area contributed by atoms with Crippen molar-refractivity contribution >= 4 is 38.2 Å². The summed E-state index contributed by atoms with van der Waals surface area (Å²) >= 11 is 1.32.